The van der Waals surface area contributed by atoms with E-state index in [0.29, 0.717) is 11.6 Å². The summed E-state index contributed by atoms with van der Waals surface area (Å²) < 4.78 is 2.92. The summed E-state index contributed by atoms with van der Waals surface area (Å²) in [7, 11) is 3.73. The van der Waals surface area contributed by atoms with Crippen molar-refractivity contribution in [1.82, 2.24) is 19.4 Å². The Labute approximate surface area is 167 Å². The fourth-order valence-electron chi connectivity index (χ4n) is 3.52. The maximum absolute atomic E-state index is 12.5. The molecule has 1 saturated heterocycles. The predicted molar refractivity (Wildman–Crippen MR) is 110 cm³/mol. The van der Waals surface area contributed by atoms with Crippen LogP contribution in [0.4, 0.5) is 5.13 Å². The van der Waals surface area contributed by atoms with Gasteiger partial charge in [0.2, 0.25) is 0 Å². The van der Waals surface area contributed by atoms with Crippen molar-refractivity contribution < 1.29 is 4.79 Å². The van der Waals surface area contributed by atoms with E-state index < -0.39 is 0 Å². The molecule has 0 aliphatic carbocycles. The molecule has 142 valence electrons. The number of halogens is 1. The number of nitrogens with zero attached hydrogens (tertiary/aromatic N) is 5. The van der Waals surface area contributed by atoms with E-state index in [-0.39, 0.29) is 5.91 Å². The van der Waals surface area contributed by atoms with Crippen LogP contribution >= 0.6 is 22.9 Å². The van der Waals surface area contributed by atoms with Crippen LogP contribution in [0.3, 0.4) is 0 Å². The number of fused-ring (bicyclic) bond motifs is 1. The third-order valence-electron chi connectivity index (χ3n) is 5.03. The second-order valence-electron chi connectivity index (χ2n) is 7.15. The molecular formula is C19H22ClN5OS. The molecule has 1 aliphatic heterocycles. The topological polar surface area (TPSA) is 54.3 Å². The molecule has 1 aliphatic rings. The Balaban J connectivity index is 1.34. The monoisotopic (exact) mass is 403 g/mol. The van der Waals surface area contributed by atoms with Crippen LogP contribution in [0.5, 0.6) is 0 Å². The van der Waals surface area contributed by atoms with E-state index in [1.807, 2.05) is 32.3 Å². The summed E-state index contributed by atoms with van der Waals surface area (Å²) in [5.41, 5.74) is 1.51. The lowest BCUT2D eigenvalue weighted by Gasteiger charge is -2.33. The quantitative estimate of drug-likeness (QED) is 0.666. The summed E-state index contributed by atoms with van der Waals surface area (Å²) in [5, 5.41) is 1.81. The first-order valence-corrected chi connectivity index (χ1v) is 10.2. The van der Waals surface area contributed by atoms with Crippen LogP contribution in [-0.2, 0) is 7.05 Å². The zero-order chi connectivity index (χ0) is 19.0. The molecule has 8 heteroatoms. The molecule has 3 aromatic rings. The summed E-state index contributed by atoms with van der Waals surface area (Å²) in [6.45, 7) is 2.69. The maximum atomic E-state index is 12.5. The fraction of sp³-hybridized carbons (Fsp3) is 0.421. The van der Waals surface area contributed by atoms with Gasteiger partial charge in [-0.25, -0.2) is 9.97 Å². The van der Waals surface area contributed by atoms with Gasteiger partial charge in [0.1, 0.15) is 5.69 Å². The molecule has 1 amide bonds. The van der Waals surface area contributed by atoms with E-state index in [1.54, 1.807) is 33.3 Å². The lowest BCUT2D eigenvalue weighted by Crippen LogP contribution is -2.39. The molecule has 0 spiro atoms. The lowest BCUT2D eigenvalue weighted by molar-refractivity contribution is 0.0759. The number of carbonyl (C=O) groups is 1. The molecule has 3 heterocycles. The molecule has 4 rings (SSSR count). The van der Waals surface area contributed by atoms with Crippen LogP contribution in [0.25, 0.3) is 10.2 Å². The molecule has 1 aromatic carbocycles. The van der Waals surface area contributed by atoms with Crippen LogP contribution in [-0.4, -0.2) is 52.0 Å². The second-order valence-corrected chi connectivity index (χ2v) is 8.59. The van der Waals surface area contributed by atoms with Gasteiger partial charge in [0.05, 0.1) is 16.5 Å². The van der Waals surface area contributed by atoms with Gasteiger partial charge in [-0.3, -0.25) is 4.79 Å². The van der Waals surface area contributed by atoms with Crippen LogP contribution in [0.2, 0.25) is 5.02 Å². The van der Waals surface area contributed by atoms with E-state index in [0.717, 1.165) is 52.8 Å². The lowest BCUT2D eigenvalue weighted by atomic mass is 9.96. The number of anilines is 1. The number of imidazole rings is 1. The van der Waals surface area contributed by atoms with E-state index >= 15 is 0 Å². The van der Waals surface area contributed by atoms with Crippen LogP contribution < -0.4 is 4.90 Å². The molecule has 27 heavy (non-hydrogen) atoms. The summed E-state index contributed by atoms with van der Waals surface area (Å²) in [6, 6.07) is 5.83. The summed E-state index contributed by atoms with van der Waals surface area (Å²) in [4.78, 5) is 25.5. The minimum Gasteiger partial charge on any atom is -0.348 e. The SMILES string of the molecule is CN(CC1CCN(c2nc3ccc(Cl)cc3s2)CC1)C(=O)c1cn(C)cn1. The average molecular weight is 404 g/mol. The smallest absolute Gasteiger partial charge is 0.273 e. The second kappa shape index (κ2) is 7.48. The molecular weight excluding hydrogens is 382 g/mol. The van der Waals surface area contributed by atoms with E-state index in [9.17, 15) is 4.79 Å². The van der Waals surface area contributed by atoms with Crippen molar-refractivity contribution in [1.29, 1.82) is 0 Å². The molecule has 6 nitrogen and oxygen atoms in total. The zero-order valence-corrected chi connectivity index (χ0v) is 17.0. The molecule has 2 aromatic heterocycles. The highest BCUT2D eigenvalue weighted by Gasteiger charge is 2.24. The number of carbonyl (C=O) groups excluding carboxylic acids is 1. The summed E-state index contributed by atoms with van der Waals surface area (Å²) in [5.74, 6) is 0.490. The number of rotatable bonds is 4. The van der Waals surface area contributed by atoms with Gasteiger partial charge in [0.15, 0.2) is 5.13 Å². The third-order valence-corrected chi connectivity index (χ3v) is 6.34. The normalized spacial score (nSPS) is 15.4. The number of hydrogen-bond donors (Lipinski definition) is 0. The van der Waals surface area contributed by atoms with E-state index in [1.165, 1.54) is 0 Å². The molecule has 0 atom stereocenters. The van der Waals surface area contributed by atoms with Crippen LogP contribution in [0.1, 0.15) is 23.3 Å². The standard InChI is InChI=1S/C19H22ClN5OS/c1-23-11-16(21-12-23)18(26)24(2)10-13-5-7-25(8-6-13)19-22-15-4-3-14(20)9-17(15)27-19/h3-4,9,11-13H,5-8,10H2,1-2H3. The van der Waals surface area contributed by atoms with Gasteiger partial charge in [-0.05, 0) is 37.0 Å². The Morgan fingerprint density at radius 3 is 2.85 bits per heavy atom. The Kier molecular flexibility index (Phi) is 5.06. The van der Waals surface area contributed by atoms with Crippen molar-refractivity contribution >= 4 is 44.2 Å². The molecule has 0 radical (unpaired) electrons. The number of aryl methyl sites for hydroxylation is 1. The molecule has 0 N–H and O–H groups in total. The minimum absolute atomic E-state index is 0.0129. The van der Waals surface area contributed by atoms with Crippen molar-refractivity contribution in [2.45, 2.75) is 12.8 Å². The van der Waals surface area contributed by atoms with Crippen molar-refractivity contribution in [3.8, 4) is 0 Å². The van der Waals surface area contributed by atoms with Crippen LogP contribution in [0, 0.1) is 5.92 Å². The number of piperidine rings is 1. The van der Waals surface area contributed by atoms with E-state index in [2.05, 4.69) is 9.88 Å². The number of thiazole rings is 1. The Hall–Kier alpha value is -2.12. The van der Waals surface area contributed by atoms with Gasteiger partial charge in [0, 0.05) is 44.9 Å². The molecule has 0 saturated carbocycles. The first kappa shape index (κ1) is 18.3. The summed E-state index contributed by atoms with van der Waals surface area (Å²) in [6.07, 6.45) is 5.53. The van der Waals surface area contributed by atoms with Gasteiger partial charge < -0.3 is 14.4 Å². The minimum atomic E-state index is -0.0129. The first-order chi connectivity index (χ1) is 13.0. The number of aromatic nitrogens is 3. The largest absolute Gasteiger partial charge is 0.348 e. The van der Waals surface area contributed by atoms with Gasteiger partial charge in [-0.2, -0.15) is 0 Å². The highest BCUT2D eigenvalue weighted by atomic mass is 35.5. The maximum Gasteiger partial charge on any atom is 0.273 e. The average Bonchev–Trinajstić information content (AvgIpc) is 3.27. The van der Waals surface area contributed by atoms with Crippen molar-refractivity contribution in [3.63, 3.8) is 0 Å². The molecule has 0 unspecified atom stereocenters. The molecule has 1 fully saturated rings. The van der Waals surface area contributed by atoms with Gasteiger partial charge in [-0.15, -0.1) is 0 Å². The van der Waals surface area contributed by atoms with Crippen LogP contribution in [0.15, 0.2) is 30.7 Å². The fourth-order valence-corrected chi connectivity index (χ4v) is 4.81. The van der Waals surface area contributed by atoms with Gasteiger partial charge in [0.25, 0.3) is 5.91 Å². The van der Waals surface area contributed by atoms with E-state index in [4.69, 9.17) is 16.6 Å². The highest BCUT2D eigenvalue weighted by molar-refractivity contribution is 7.22. The number of amides is 1. The Bertz CT molecular complexity index is 960. The van der Waals surface area contributed by atoms with Crippen molar-refractivity contribution in [3.05, 3.63) is 41.4 Å². The van der Waals surface area contributed by atoms with Gasteiger partial charge in [-0.1, -0.05) is 22.9 Å². The zero-order valence-electron chi connectivity index (χ0n) is 15.4. The number of benzene rings is 1. The number of hydrogen-bond acceptors (Lipinski definition) is 5. The van der Waals surface area contributed by atoms with Crippen molar-refractivity contribution in [2.75, 3.05) is 31.6 Å². The van der Waals surface area contributed by atoms with Crippen molar-refractivity contribution in [2.24, 2.45) is 13.0 Å². The molecule has 0 bridgehead atoms. The Morgan fingerprint density at radius 1 is 1.37 bits per heavy atom. The third kappa shape index (κ3) is 3.94. The highest BCUT2D eigenvalue weighted by Crippen LogP contribution is 2.33. The predicted octanol–water partition coefficient (Wildman–Crippen LogP) is 3.67. The summed E-state index contributed by atoms with van der Waals surface area (Å²) >= 11 is 7.77. The Morgan fingerprint density at radius 2 is 2.15 bits per heavy atom. The van der Waals surface area contributed by atoms with Gasteiger partial charge >= 0.3 is 0 Å². The first-order valence-electron chi connectivity index (χ1n) is 9.04.